The minimum atomic E-state index is 0.0762. The van der Waals surface area contributed by atoms with Gasteiger partial charge in [0, 0.05) is 39.0 Å². The monoisotopic (exact) mass is 331 g/mol. The summed E-state index contributed by atoms with van der Waals surface area (Å²) in [5, 5.41) is 0. The first-order valence-electron chi connectivity index (χ1n) is 9.30. The standard InChI is InChI=1S/C19H29N3O2/c1-2-21(19(23)17-6-5-13-24-15-17)14-16-8-11-22(12-9-16)18-7-3-4-10-20-18/h3-4,7,10,16-17H,2,5-6,8-9,11-15H2,1H3/t17-/m0/s1. The van der Waals surface area contributed by atoms with E-state index in [0.717, 1.165) is 64.3 Å². The molecule has 0 unspecified atom stereocenters. The summed E-state index contributed by atoms with van der Waals surface area (Å²) < 4.78 is 5.49. The Morgan fingerprint density at radius 2 is 2.17 bits per heavy atom. The number of amides is 1. The van der Waals surface area contributed by atoms with E-state index in [-0.39, 0.29) is 5.92 Å². The van der Waals surface area contributed by atoms with Gasteiger partial charge in [0.2, 0.25) is 5.91 Å². The van der Waals surface area contributed by atoms with E-state index < -0.39 is 0 Å². The van der Waals surface area contributed by atoms with Crippen LogP contribution in [0.2, 0.25) is 0 Å². The summed E-state index contributed by atoms with van der Waals surface area (Å²) in [6.07, 6.45) is 6.10. The van der Waals surface area contributed by atoms with Crippen molar-refractivity contribution in [1.29, 1.82) is 0 Å². The van der Waals surface area contributed by atoms with Gasteiger partial charge in [0.15, 0.2) is 0 Å². The molecule has 5 nitrogen and oxygen atoms in total. The number of piperidine rings is 1. The van der Waals surface area contributed by atoms with Crippen LogP contribution in [0.5, 0.6) is 0 Å². The summed E-state index contributed by atoms with van der Waals surface area (Å²) in [5.41, 5.74) is 0. The number of hydrogen-bond acceptors (Lipinski definition) is 4. The van der Waals surface area contributed by atoms with Crippen LogP contribution in [-0.2, 0) is 9.53 Å². The molecule has 1 amide bonds. The zero-order chi connectivity index (χ0) is 16.8. The molecule has 3 rings (SSSR count). The van der Waals surface area contributed by atoms with Gasteiger partial charge in [0.1, 0.15) is 5.82 Å². The number of ether oxygens (including phenoxy) is 1. The minimum Gasteiger partial charge on any atom is -0.381 e. The molecule has 0 aromatic carbocycles. The van der Waals surface area contributed by atoms with Crippen LogP contribution in [0.15, 0.2) is 24.4 Å². The first-order valence-corrected chi connectivity index (χ1v) is 9.30. The van der Waals surface area contributed by atoms with Crippen molar-refractivity contribution < 1.29 is 9.53 Å². The van der Waals surface area contributed by atoms with E-state index >= 15 is 0 Å². The van der Waals surface area contributed by atoms with Gasteiger partial charge in [0.05, 0.1) is 12.5 Å². The molecule has 2 aliphatic rings. The van der Waals surface area contributed by atoms with Gasteiger partial charge in [-0.1, -0.05) is 6.07 Å². The number of pyridine rings is 1. The predicted molar refractivity (Wildman–Crippen MR) is 95.0 cm³/mol. The lowest BCUT2D eigenvalue weighted by Gasteiger charge is -2.36. The Morgan fingerprint density at radius 3 is 2.79 bits per heavy atom. The average molecular weight is 331 g/mol. The molecule has 0 N–H and O–H groups in total. The van der Waals surface area contributed by atoms with Gasteiger partial charge in [-0.15, -0.1) is 0 Å². The van der Waals surface area contributed by atoms with Crippen molar-refractivity contribution in [2.45, 2.75) is 32.6 Å². The maximum absolute atomic E-state index is 12.7. The van der Waals surface area contributed by atoms with Crippen molar-refractivity contribution in [3.8, 4) is 0 Å². The molecule has 3 heterocycles. The second kappa shape index (κ2) is 8.47. The fraction of sp³-hybridized carbons (Fsp3) is 0.684. The van der Waals surface area contributed by atoms with Crippen LogP contribution in [-0.4, -0.2) is 55.2 Å². The highest BCUT2D eigenvalue weighted by molar-refractivity contribution is 5.79. The second-order valence-electron chi connectivity index (χ2n) is 6.91. The van der Waals surface area contributed by atoms with Gasteiger partial charge in [-0.2, -0.15) is 0 Å². The zero-order valence-electron chi connectivity index (χ0n) is 14.7. The molecule has 2 saturated heterocycles. The van der Waals surface area contributed by atoms with Gasteiger partial charge in [-0.25, -0.2) is 4.98 Å². The van der Waals surface area contributed by atoms with Crippen LogP contribution in [0.3, 0.4) is 0 Å². The Kier molecular flexibility index (Phi) is 6.07. The van der Waals surface area contributed by atoms with Crippen molar-refractivity contribution in [1.82, 2.24) is 9.88 Å². The normalized spacial score (nSPS) is 22.4. The van der Waals surface area contributed by atoms with E-state index in [1.807, 2.05) is 18.3 Å². The molecule has 2 aliphatic heterocycles. The van der Waals surface area contributed by atoms with Crippen LogP contribution in [0, 0.1) is 11.8 Å². The number of anilines is 1. The number of nitrogens with zero attached hydrogens (tertiary/aromatic N) is 3. The summed E-state index contributed by atoms with van der Waals surface area (Å²) in [6.45, 7) is 7.25. The topological polar surface area (TPSA) is 45.7 Å². The summed E-state index contributed by atoms with van der Waals surface area (Å²) in [4.78, 5) is 21.6. The number of carbonyl (C=O) groups excluding carboxylic acids is 1. The summed E-state index contributed by atoms with van der Waals surface area (Å²) in [7, 11) is 0. The lowest BCUT2D eigenvalue weighted by molar-refractivity contribution is -0.140. The van der Waals surface area contributed by atoms with E-state index in [1.54, 1.807) is 0 Å². The smallest absolute Gasteiger partial charge is 0.228 e. The Morgan fingerprint density at radius 1 is 1.33 bits per heavy atom. The number of aromatic nitrogens is 1. The molecular weight excluding hydrogens is 302 g/mol. The lowest BCUT2D eigenvalue weighted by atomic mass is 9.94. The lowest BCUT2D eigenvalue weighted by Crippen LogP contribution is -2.44. The van der Waals surface area contributed by atoms with E-state index in [1.165, 1.54) is 0 Å². The van der Waals surface area contributed by atoms with E-state index in [0.29, 0.717) is 18.4 Å². The molecule has 1 aromatic heterocycles. The minimum absolute atomic E-state index is 0.0762. The number of rotatable bonds is 5. The predicted octanol–water partition coefficient (Wildman–Crippen LogP) is 2.57. The van der Waals surface area contributed by atoms with Gasteiger partial charge in [0.25, 0.3) is 0 Å². The average Bonchev–Trinajstić information content (AvgIpc) is 2.67. The molecule has 24 heavy (non-hydrogen) atoms. The Bertz CT molecular complexity index is 509. The van der Waals surface area contributed by atoms with Crippen LogP contribution >= 0.6 is 0 Å². The SMILES string of the molecule is CCN(CC1CCN(c2ccccn2)CC1)C(=O)[C@H]1CCCOC1. The molecule has 0 bridgehead atoms. The van der Waals surface area contributed by atoms with E-state index in [4.69, 9.17) is 4.74 Å². The fourth-order valence-corrected chi connectivity index (χ4v) is 3.77. The third kappa shape index (κ3) is 4.26. The van der Waals surface area contributed by atoms with Gasteiger partial charge in [-0.3, -0.25) is 4.79 Å². The summed E-state index contributed by atoms with van der Waals surface area (Å²) >= 11 is 0. The number of hydrogen-bond donors (Lipinski definition) is 0. The van der Waals surface area contributed by atoms with Crippen LogP contribution in [0.4, 0.5) is 5.82 Å². The van der Waals surface area contributed by atoms with E-state index in [2.05, 4.69) is 27.8 Å². The molecule has 1 atom stereocenters. The van der Waals surface area contributed by atoms with Crippen molar-refractivity contribution in [3.05, 3.63) is 24.4 Å². The Balaban J connectivity index is 1.49. The highest BCUT2D eigenvalue weighted by atomic mass is 16.5. The highest BCUT2D eigenvalue weighted by Crippen LogP contribution is 2.24. The summed E-state index contributed by atoms with van der Waals surface area (Å²) in [6, 6.07) is 6.07. The van der Waals surface area contributed by atoms with Crippen molar-refractivity contribution in [2.24, 2.45) is 11.8 Å². The van der Waals surface area contributed by atoms with Crippen molar-refractivity contribution >= 4 is 11.7 Å². The van der Waals surface area contributed by atoms with E-state index in [9.17, 15) is 4.79 Å². The van der Waals surface area contributed by atoms with Crippen LogP contribution in [0.1, 0.15) is 32.6 Å². The van der Waals surface area contributed by atoms with Crippen LogP contribution < -0.4 is 4.90 Å². The molecule has 0 aliphatic carbocycles. The van der Waals surface area contributed by atoms with Crippen molar-refractivity contribution in [3.63, 3.8) is 0 Å². The Labute approximate surface area is 145 Å². The first kappa shape index (κ1) is 17.2. The fourth-order valence-electron chi connectivity index (χ4n) is 3.77. The summed E-state index contributed by atoms with van der Waals surface area (Å²) in [5.74, 6) is 2.04. The number of carbonyl (C=O) groups is 1. The molecule has 132 valence electrons. The van der Waals surface area contributed by atoms with Gasteiger partial charge < -0.3 is 14.5 Å². The van der Waals surface area contributed by atoms with Crippen LogP contribution in [0.25, 0.3) is 0 Å². The molecule has 1 aromatic rings. The molecule has 2 fully saturated rings. The molecule has 0 spiro atoms. The molecule has 0 radical (unpaired) electrons. The first-order chi connectivity index (χ1) is 11.8. The highest BCUT2D eigenvalue weighted by Gasteiger charge is 2.28. The maximum atomic E-state index is 12.7. The van der Waals surface area contributed by atoms with Crippen molar-refractivity contribution in [2.75, 3.05) is 44.3 Å². The maximum Gasteiger partial charge on any atom is 0.228 e. The molecule has 5 heteroatoms. The van der Waals surface area contributed by atoms with Gasteiger partial charge >= 0.3 is 0 Å². The quantitative estimate of drug-likeness (QED) is 0.832. The third-order valence-electron chi connectivity index (χ3n) is 5.27. The third-order valence-corrected chi connectivity index (χ3v) is 5.27. The Hall–Kier alpha value is -1.62. The molecule has 0 saturated carbocycles. The second-order valence-corrected chi connectivity index (χ2v) is 6.91. The largest absolute Gasteiger partial charge is 0.381 e. The van der Waals surface area contributed by atoms with Gasteiger partial charge in [-0.05, 0) is 50.7 Å². The zero-order valence-corrected chi connectivity index (χ0v) is 14.7. The molecular formula is C19H29N3O2.